The Morgan fingerprint density at radius 2 is 2.10 bits per heavy atom. The number of carbonyl (C=O) groups is 1. The minimum Gasteiger partial charge on any atom is -0.497 e. The van der Waals surface area contributed by atoms with Crippen LogP contribution in [0.3, 0.4) is 0 Å². The molecule has 0 aliphatic heterocycles. The van der Waals surface area contributed by atoms with Gasteiger partial charge in [-0.2, -0.15) is 0 Å². The van der Waals surface area contributed by atoms with Crippen molar-refractivity contribution in [2.75, 3.05) is 18.6 Å². The predicted molar refractivity (Wildman–Crippen MR) is 82.0 cm³/mol. The minimum absolute atomic E-state index is 0.0552. The molecule has 0 bridgehead atoms. The van der Waals surface area contributed by atoms with Gasteiger partial charge in [-0.25, -0.2) is 8.42 Å². The number of anilines is 1. The molecule has 0 aromatic heterocycles. The number of nitrogens with two attached hydrogens (primary N) is 1. The van der Waals surface area contributed by atoms with Crippen molar-refractivity contribution in [2.24, 2.45) is 0 Å². The second-order valence-corrected chi connectivity index (χ2v) is 6.88. The van der Waals surface area contributed by atoms with Gasteiger partial charge >= 0.3 is 0 Å². The van der Waals surface area contributed by atoms with Crippen LogP contribution in [-0.2, 0) is 14.6 Å². The lowest BCUT2D eigenvalue weighted by atomic mass is 10.2. The smallest absolute Gasteiger partial charge is 0.235 e. The van der Waals surface area contributed by atoms with Gasteiger partial charge in [0.25, 0.3) is 0 Å². The van der Waals surface area contributed by atoms with Gasteiger partial charge in [-0.3, -0.25) is 4.79 Å². The normalized spacial score (nSPS) is 12.7. The molecule has 0 saturated heterocycles. The maximum Gasteiger partial charge on any atom is 0.235 e. The summed E-state index contributed by atoms with van der Waals surface area (Å²) in [5.41, 5.74) is 5.79. The van der Waals surface area contributed by atoms with Gasteiger partial charge in [0.2, 0.25) is 5.91 Å². The fourth-order valence-corrected chi connectivity index (χ4v) is 3.29. The monoisotopic (exact) mass is 314 g/mol. The topological polar surface area (TPSA) is 98.5 Å². The molecule has 118 valence electrons. The molecule has 6 nitrogen and oxygen atoms in total. The van der Waals surface area contributed by atoms with Crippen LogP contribution in [0.4, 0.5) is 5.69 Å². The molecular formula is C14H22N2O4S. The van der Waals surface area contributed by atoms with E-state index < -0.39 is 21.5 Å². The Balaban J connectivity index is 2.89. The summed E-state index contributed by atoms with van der Waals surface area (Å²) < 4.78 is 29.5. The summed E-state index contributed by atoms with van der Waals surface area (Å²) >= 11 is 0. The number of rotatable bonds is 7. The van der Waals surface area contributed by atoms with Crippen molar-refractivity contribution in [1.82, 2.24) is 5.32 Å². The van der Waals surface area contributed by atoms with E-state index in [0.29, 0.717) is 5.75 Å². The Morgan fingerprint density at radius 3 is 2.67 bits per heavy atom. The SMILES string of the molecule is CCCC(C)NC(=O)CS(=O)(=O)c1cc(OC)ccc1N. The molecule has 0 aliphatic rings. The molecule has 1 rings (SSSR count). The van der Waals surface area contributed by atoms with Crippen LogP contribution >= 0.6 is 0 Å². The van der Waals surface area contributed by atoms with Crippen molar-refractivity contribution in [3.63, 3.8) is 0 Å². The van der Waals surface area contributed by atoms with Crippen molar-refractivity contribution in [1.29, 1.82) is 0 Å². The van der Waals surface area contributed by atoms with Crippen molar-refractivity contribution in [3.05, 3.63) is 18.2 Å². The maximum atomic E-state index is 12.3. The molecule has 7 heteroatoms. The first-order valence-corrected chi connectivity index (χ1v) is 8.41. The van der Waals surface area contributed by atoms with E-state index in [9.17, 15) is 13.2 Å². The molecule has 0 aliphatic carbocycles. The fraction of sp³-hybridized carbons (Fsp3) is 0.500. The number of amides is 1. The lowest BCUT2D eigenvalue weighted by Gasteiger charge is -2.13. The average Bonchev–Trinajstić information content (AvgIpc) is 2.38. The summed E-state index contributed by atoms with van der Waals surface area (Å²) in [4.78, 5) is 11.7. The van der Waals surface area contributed by atoms with E-state index in [2.05, 4.69) is 5.32 Å². The predicted octanol–water partition coefficient (Wildman–Crippen LogP) is 1.36. The molecule has 21 heavy (non-hydrogen) atoms. The maximum absolute atomic E-state index is 12.3. The molecule has 0 saturated carbocycles. The zero-order chi connectivity index (χ0) is 16.0. The molecule has 1 atom stereocenters. The zero-order valence-electron chi connectivity index (χ0n) is 12.5. The van der Waals surface area contributed by atoms with Crippen molar-refractivity contribution in [3.8, 4) is 5.75 Å². The molecule has 0 heterocycles. The highest BCUT2D eigenvalue weighted by atomic mass is 32.2. The van der Waals surface area contributed by atoms with Gasteiger partial charge in [0.05, 0.1) is 17.7 Å². The van der Waals surface area contributed by atoms with Crippen molar-refractivity contribution >= 4 is 21.4 Å². The van der Waals surface area contributed by atoms with Gasteiger partial charge in [0, 0.05) is 12.1 Å². The number of sulfone groups is 1. The Bertz CT molecular complexity index is 599. The second-order valence-electron chi connectivity index (χ2n) is 4.92. The van der Waals surface area contributed by atoms with E-state index in [1.165, 1.54) is 19.2 Å². The van der Waals surface area contributed by atoms with Crippen LogP contribution < -0.4 is 15.8 Å². The Kier molecular flexibility index (Phi) is 6.02. The molecule has 3 N–H and O–H groups in total. The average molecular weight is 314 g/mol. The quantitative estimate of drug-likeness (QED) is 0.740. The Labute approximate surface area is 125 Å². The summed E-state index contributed by atoms with van der Waals surface area (Å²) in [7, 11) is -2.37. The van der Waals surface area contributed by atoms with Crippen molar-refractivity contribution < 1.29 is 17.9 Å². The Morgan fingerprint density at radius 1 is 1.43 bits per heavy atom. The fourth-order valence-electron chi connectivity index (χ4n) is 1.98. The molecule has 0 spiro atoms. The lowest BCUT2D eigenvalue weighted by Crippen LogP contribution is -2.36. The van der Waals surface area contributed by atoms with E-state index in [1.807, 2.05) is 13.8 Å². The first-order valence-electron chi connectivity index (χ1n) is 6.75. The van der Waals surface area contributed by atoms with Crippen LogP contribution in [0.2, 0.25) is 0 Å². The van der Waals surface area contributed by atoms with E-state index in [-0.39, 0.29) is 16.6 Å². The van der Waals surface area contributed by atoms with Gasteiger partial charge in [0.15, 0.2) is 9.84 Å². The van der Waals surface area contributed by atoms with E-state index in [0.717, 1.165) is 12.8 Å². The summed E-state index contributed by atoms with van der Waals surface area (Å²) in [5.74, 6) is -0.779. The van der Waals surface area contributed by atoms with Gasteiger partial charge in [-0.05, 0) is 25.5 Å². The molecule has 1 aromatic rings. The van der Waals surface area contributed by atoms with Gasteiger partial charge < -0.3 is 15.8 Å². The minimum atomic E-state index is -3.80. The van der Waals surface area contributed by atoms with Crippen molar-refractivity contribution in [2.45, 2.75) is 37.6 Å². The van der Waals surface area contributed by atoms with Crippen LogP contribution in [0.25, 0.3) is 0 Å². The molecule has 1 aromatic carbocycles. The summed E-state index contributed by atoms with van der Waals surface area (Å²) in [6.07, 6.45) is 1.71. The van der Waals surface area contributed by atoms with E-state index in [4.69, 9.17) is 10.5 Å². The van der Waals surface area contributed by atoms with Crippen LogP contribution in [-0.4, -0.2) is 33.2 Å². The largest absolute Gasteiger partial charge is 0.497 e. The molecular weight excluding hydrogens is 292 g/mol. The highest BCUT2D eigenvalue weighted by Gasteiger charge is 2.23. The van der Waals surface area contributed by atoms with Gasteiger partial charge in [-0.15, -0.1) is 0 Å². The standard InChI is InChI=1S/C14H22N2O4S/c1-4-5-10(2)16-14(17)9-21(18,19)13-8-11(20-3)6-7-12(13)15/h6-8,10H,4-5,9,15H2,1-3H3,(H,16,17). The third kappa shape index (κ3) is 4.93. The number of nitrogens with one attached hydrogen (secondary N) is 1. The first kappa shape index (κ1) is 17.3. The van der Waals surface area contributed by atoms with Gasteiger partial charge in [-0.1, -0.05) is 13.3 Å². The zero-order valence-corrected chi connectivity index (χ0v) is 13.4. The summed E-state index contributed by atoms with van der Waals surface area (Å²) in [6.45, 7) is 3.84. The van der Waals surface area contributed by atoms with E-state index >= 15 is 0 Å². The number of nitrogen functional groups attached to an aromatic ring is 1. The lowest BCUT2D eigenvalue weighted by molar-refractivity contribution is -0.119. The molecule has 0 fully saturated rings. The highest BCUT2D eigenvalue weighted by Crippen LogP contribution is 2.24. The molecule has 1 amide bonds. The third-order valence-electron chi connectivity index (χ3n) is 3.01. The molecule has 0 radical (unpaired) electrons. The number of methoxy groups -OCH3 is 1. The second kappa shape index (κ2) is 7.31. The van der Waals surface area contributed by atoms with Crippen LogP contribution in [0.1, 0.15) is 26.7 Å². The third-order valence-corrected chi connectivity index (χ3v) is 4.67. The number of ether oxygens (including phenoxy) is 1. The number of carbonyl (C=O) groups excluding carboxylic acids is 1. The number of hydrogen-bond acceptors (Lipinski definition) is 5. The highest BCUT2D eigenvalue weighted by molar-refractivity contribution is 7.92. The first-order chi connectivity index (χ1) is 9.80. The molecule has 1 unspecified atom stereocenters. The van der Waals surface area contributed by atoms with Crippen LogP contribution in [0, 0.1) is 0 Å². The van der Waals surface area contributed by atoms with E-state index in [1.54, 1.807) is 6.07 Å². The van der Waals surface area contributed by atoms with Crippen LogP contribution in [0.15, 0.2) is 23.1 Å². The number of benzene rings is 1. The summed E-state index contributed by atoms with van der Waals surface area (Å²) in [6, 6.07) is 4.29. The van der Waals surface area contributed by atoms with Crippen LogP contribution in [0.5, 0.6) is 5.75 Å². The van der Waals surface area contributed by atoms with Gasteiger partial charge in [0.1, 0.15) is 11.5 Å². The summed E-state index contributed by atoms with van der Waals surface area (Å²) in [5, 5.41) is 2.66. The Hall–Kier alpha value is -1.76. The number of hydrogen-bond donors (Lipinski definition) is 2.